The zero-order chi connectivity index (χ0) is 20.9. The molecule has 1 amide bonds. The molecule has 0 atom stereocenters. The van der Waals surface area contributed by atoms with Gasteiger partial charge in [0.1, 0.15) is 11.5 Å². The average molecular weight is 406 g/mol. The van der Waals surface area contributed by atoms with Crippen LogP contribution < -0.4 is 9.64 Å². The Kier molecular flexibility index (Phi) is 6.02. The Morgan fingerprint density at radius 2 is 1.57 bits per heavy atom. The molecule has 2 aromatic rings. The number of allylic oxidation sites excluding steroid dienone is 1. The largest absolute Gasteiger partial charge is 0.507 e. The van der Waals surface area contributed by atoms with E-state index in [1.54, 1.807) is 11.0 Å². The van der Waals surface area contributed by atoms with E-state index in [9.17, 15) is 14.7 Å². The van der Waals surface area contributed by atoms with Crippen LogP contribution in [-0.2, 0) is 0 Å². The van der Waals surface area contributed by atoms with Crippen molar-refractivity contribution in [3.8, 4) is 11.5 Å². The summed E-state index contributed by atoms with van der Waals surface area (Å²) in [6.45, 7) is 3.56. The van der Waals surface area contributed by atoms with Crippen molar-refractivity contribution in [2.24, 2.45) is 0 Å². The summed E-state index contributed by atoms with van der Waals surface area (Å²) in [6, 6.07) is 12.4. The zero-order valence-corrected chi connectivity index (χ0v) is 16.9. The summed E-state index contributed by atoms with van der Waals surface area (Å²) in [5, 5.41) is 10.2. The molecule has 0 radical (unpaired) electrons. The van der Waals surface area contributed by atoms with E-state index in [4.69, 9.17) is 4.74 Å². The van der Waals surface area contributed by atoms with Gasteiger partial charge in [-0.1, -0.05) is 18.2 Å². The molecule has 0 aliphatic carbocycles. The van der Waals surface area contributed by atoms with Gasteiger partial charge in [0.05, 0.1) is 5.56 Å². The van der Waals surface area contributed by atoms with Gasteiger partial charge in [-0.05, 0) is 61.6 Å². The lowest BCUT2D eigenvalue weighted by Gasteiger charge is -2.17. The number of hydrogen-bond donors (Lipinski definition) is 1. The Balaban J connectivity index is 1.38. The number of carbonyl (C=O) groups is 2. The van der Waals surface area contributed by atoms with Crippen molar-refractivity contribution in [1.82, 2.24) is 4.90 Å². The Bertz CT molecular complexity index is 940. The van der Waals surface area contributed by atoms with Crippen LogP contribution in [0.4, 0.5) is 10.5 Å². The summed E-state index contributed by atoms with van der Waals surface area (Å²) < 4.78 is 5.29. The van der Waals surface area contributed by atoms with E-state index < -0.39 is 6.09 Å². The monoisotopic (exact) mass is 406 g/mol. The van der Waals surface area contributed by atoms with E-state index in [0.29, 0.717) is 13.1 Å². The number of phenolic OH excluding ortho intramolecular Hbond substituents is 1. The molecule has 30 heavy (non-hydrogen) atoms. The first kappa shape index (κ1) is 20.0. The number of carbonyl (C=O) groups excluding carboxylic acids is 2. The molecular formula is C24H26N2O4. The molecule has 2 aromatic carbocycles. The molecule has 2 heterocycles. The molecule has 2 aliphatic rings. The molecule has 0 aromatic heterocycles. The van der Waals surface area contributed by atoms with Crippen LogP contribution in [-0.4, -0.2) is 48.1 Å². The summed E-state index contributed by atoms with van der Waals surface area (Å²) in [6.07, 6.45) is 7.16. The van der Waals surface area contributed by atoms with Crippen molar-refractivity contribution in [3.05, 3.63) is 59.7 Å². The number of anilines is 1. The van der Waals surface area contributed by atoms with Crippen molar-refractivity contribution in [3.63, 3.8) is 0 Å². The topological polar surface area (TPSA) is 70.1 Å². The minimum atomic E-state index is -0.428. The molecule has 6 nitrogen and oxygen atoms in total. The molecule has 1 N–H and O–H groups in total. The maximum absolute atomic E-state index is 12.5. The molecule has 0 spiro atoms. The van der Waals surface area contributed by atoms with Gasteiger partial charge in [0.25, 0.3) is 0 Å². The van der Waals surface area contributed by atoms with Gasteiger partial charge < -0.3 is 19.6 Å². The van der Waals surface area contributed by atoms with Crippen LogP contribution in [0.15, 0.2) is 48.5 Å². The first-order chi connectivity index (χ1) is 14.6. The van der Waals surface area contributed by atoms with E-state index in [1.807, 2.05) is 12.1 Å². The molecule has 0 bridgehead atoms. The minimum Gasteiger partial charge on any atom is -0.507 e. The standard InChI is InChI=1S/C24H26N2O4/c27-22(12-7-18-5-8-19(9-6-18)25-13-1-2-14-25)21-11-10-20(17-23(21)28)30-24(29)26-15-3-4-16-26/h5-12,17,28H,1-4,13-16H2/b12-7+. The third kappa shape index (κ3) is 4.64. The van der Waals surface area contributed by atoms with Crippen molar-refractivity contribution in [1.29, 1.82) is 0 Å². The number of ether oxygens (including phenoxy) is 1. The highest BCUT2D eigenvalue weighted by Gasteiger charge is 2.20. The van der Waals surface area contributed by atoms with Crippen molar-refractivity contribution < 1.29 is 19.4 Å². The van der Waals surface area contributed by atoms with Crippen LogP contribution in [0, 0.1) is 0 Å². The van der Waals surface area contributed by atoms with E-state index in [1.165, 1.54) is 42.8 Å². The SMILES string of the molecule is O=C(/C=C/c1ccc(N2CCCC2)cc1)c1ccc(OC(=O)N2CCCC2)cc1O. The van der Waals surface area contributed by atoms with Crippen LogP contribution in [0.5, 0.6) is 11.5 Å². The van der Waals surface area contributed by atoms with E-state index in [0.717, 1.165) is 31.5 Å². The summed E-state index contributed by atoms with van der Waals surface area (Å²) in [5.74, 6) is -0.295. The van der Waals surface area contributed by atoms with Gasteiger partial charge in [0, 0.05) is 37.9 Å². The Hall–Kier alpha value is -3.28. The van der Waals surface area contributed by atoms with Crippen LogP contribution in [0.1, 0.15) is 41.6 Å². The van der Waals surface area contributed by atoms with E-state index >= 15 is 0 Å². The number of rotatable bonds is 5. The molecule has 2 fully saturated rings. The van der Waals surface area contributed by atoms with Crippen LogP contribution >= 0.6 is 0 Å². The smallest absolute Gasteiger partial charge is 0.415 e. The van der Waals surface area contributed by atoms with Crippen LogP contribution in [0.2, 0.25) is 0 Å². The number of phenols is 1. The lowest BCUT2D eigenvalue weighted by molar-refractivity contribution is 0.104. The van der Waals surface area contributed by atoms with Crippen molar-refractivity contribution in [2.75, 3.05) is 31.1 Å². The minimum absolute atomic E-state index is 0.168. The highest BCUT2D eigenvalue weighted by molar-refractivity contribution is 6.08. The normalized spacial score (nSPS) is 16.4. The highest BCUT2D eigenvalue weighted by Crippen LogP contribution is 2.26. The molecule has 2 saturated heterocycles. The molecule has 0 saturated carbocycles. The number of nitrogens with zero attached hydrogens (tertiary/aromatic N) is 2. The third-order valence-corrected chi connectivity index (χ3v) is 5.60. The Labute approximate surface area is 176 Å². The number of ketones is 1. The Morgan fingerprint density at radius 3 is 2.23 bits per heavy atom. The van der Waals surface area contributed by atoms with Gasteiger partial charge in [-0.25, -0.2) is 4.79 Å². The summed E-state index contributed by atoms with van der Waals surface area (Å²) in [5.41, 5.74) is 2.29. The van der Waals surface area contributed by atoms with E-state index in [-0.39, 0.29) is 22.8 Å². The van der Waals surface area contributed by atoms with Gasteiger partial charge in [0.15, 0.2) is 5.78 Å². The summed E-state index contributed by atoms with van der Waals surface area (Å²) >= 11 is 0. The fraction of sp³-hybridized carbons (Fsp3) is 0.333. The van der Waals surface area contributed by atoms with E-state index in [2.05, 4.69) is 17.0 Å². The summed E-state index contributed by atoms with van der Waals surface area (Å²) in [4.78, 5) is 28.5. The van der Waals surface area contributed by atoms with Gasteiger partial charge in [-0.2, -0.15) is 0 Å². The lowest BCUT2D eigenvalue weighted by Crippen LogP contribution is -2.30. The number of aromatic hydroxyl groups is 1. The first-order valence-electron chi connectivity index (χ1n) is 10.5. The van der Waals surface area contributed by atoms with Crippen LogP contribution in [0.3, 0.4) is 0 Å². The van der Waals surface area contributed by atoms with Crippen molar-refractivity contribution in [2.45, 2.75) is 25.7 Å². The molecule has 6 heteroatoms. The van der Waals surface area contributed by atoms with Crippen LogP contribution in [0.25, 0.3) is 6.08 Å². The molecular weight excluding hydrogens is 380 g/mol. The second-order valence-electron chi connectivity index (χ2n) is 7.72. The average Bonchev–Trinajstić information content (AvgIpc) is 3.47. The molecule has 0 unspecified atom stereocenters. The second kappa shape index (κ2) is 9.03. The number of likely N-dealkylation sites (tertiary alicyclic amines) is 1. The van der Waals surface area contributed by atoms with Crippen molar-refractivity contribution >= 4 is 23.6 Å². The number of amides is 1. The fourth-order valence-corrected chi connectivity index (χ4v) is 3.88. The number of hydrogen-bond acceptors (Lipinski definition) is 5. The van der Waals surface area contributed by atoms with Gasteiger partial charge in [-0.15, -0.1) is 0 Å². The number of benzene rings is 2. The summed E-state index contributed by atoms with van der Waals surface area (Å²) in [7, 11) is 0. The van der Waals surface area contributed by atoms with Gasteiger partial charge in [0.2, 0.25) is 0 Å². The molecule has 2 aliphatic heterocycles. The maximum Gasteiger partial charge on any atom is 0.415 e. The lowest BCUT2D eigenvalue weighted by atomic mass is 10.1. The maximum atomic E-state index is 12.5. The molecule has 4 rings (SSSR count). The van der Waals surface area contributed by atoms with Gasteiger partial charge in [-0.3, -0.25) is 4.79 Å². The predicted molar refractivity (Wildman–Crippen MR) is 116 cm³/mol. The first-order valence-corrected chi connectivity index (χ1v) is 10.5. The quantitative estimate of drug-likeness (QED) is 0.585. The molecule has 156 valence electrons. The zero-order valence-electron chi connectivity index (χ0n) is 16.9. The predicted octanol–water partition coefficient (Wildman–Crippen LogP) is 4.48. The fourth-order valence-electron chi connectivity index (χ4n) is 3.88. The highest BCUT2D eigenvalue weighted by atomic mass is 16.6. The third-order valence-electron chi connectivity index (χ3n) is 5.60. The Morgan fingerprint density at radius 1 is 0.900 bits per heavy atom. The van der Waals surface area contributed by atoms with Gasteiger partial charge >= 0.3 is 6.09 Å². The second-order valence-corrected chi connectivity index (χ2v) is 7.72.